The summed E-state index contributed by atoms with van der Waals surface area (Å²) in [6.45, 7) is 6.95. The number of hydrogen-bond donors (Lipinski definition) is 2. The van der Waals surface area contributed by atoms with Gasteiger partial charge in [-0.3, -0.25) is 24.1 Å². The lowest BCUT2D eigenvalue weighted by Gasteiger charge is -2.33. The number of likely N-dealkylation sites (N-methyl/N-ethyl adjacent to an activating group) is 1. The first-order chi connectivity index (χ1) is 11.6. The fourth-order valence-corrected chi connectivity index (χ4v) is 2.93. The summed E-state index contributed by atoms with van der Waals surface area (Å²) in [6.07, 6.45) is 1.53. The van der Waals surface area contributed by atoms with Gasteiger partial charge in [-0.05, 0) is 6.92 Å². The highest BCUT2D eigenvalue weighted by Gasteiger charge is 2.20. The summed E-state index contributed by atoms with van der Waals surface area (Å²) < 4.78 is 1.61. The Bertz CT molecular complexity index is 774. The Morgan fingerprint density at radius 1 is 1.29 bits per heavy atom. The van der Waals surface area contributed by atoms with Crippen LogP contribution in [0.3, 0.4) is 0 Å². The minimum atomic E-state index is -0.155. The number of aromatic amines is 1. The summed E-state index contributed by atoms with van der Waals surface area (Å²) in [6, 6.07) is 0. The first-order valence-corrected chi connectivity index (χ1v) is 8.19. The molecule has 1 aliphatic heterocycles. The number of piperazine rings is 1. The molecule has 1 amide bonds. The standard InChI is InChI=1S/C15H23N7O2/c1-3-16-13(23)10-22-6-4-21(5-7-22)9-12-18-14-11(15(24)19-12)8-17-20(14)2/h8H,3-7,9-10H2,1-2H3,(H,16,23)(H,18,19,24). The summed E-state index contributed by atoms with van der Waals surface area (Å²) in [5, 5.41) is 7.40. The van der Waals surface area contributed by atoms with Gasteiger partial charge < -0.3 is 10.3 Å². The van der Waals surface area contributed by atoms with Gasteiger partial charge in [0.25, 0.3) is 5.56 Å². The third-order valence-corrected chi connectivity index (χ3v) is 4.23. The van der Waals surface area contributed by atoms with Gasteiger partial charge in [0, 0.05) is 39.8 Å². The molecule has 24 heavy (non-hydrogen) atoms. The average Bonchev–Trinajstić information content (AvgIpc) is 2.91. The number of aryl methyl sites for hydroxylation is 1. The van der Waals surface area contributed by atoms with E-state index in [0.29, 0.717) is 36.5 Å². The van der Waals surface area contributed by atoms with Crippen LogP contribution >= 0.6 is 0 Å². The molecule has 2 aromatic heterocycles. The maximum Gasteiger partial charge on any atom is 0.262 e. The Balaban J connectivity index is 1.59. The molecule has 3 rings (SSSR count). The highest BCUT2D eigenvalue weighted by molar-refractivity contribution is 5.77. The Labute approximate surface area is 139 Å². The van der Waals surface area contributed by atoms with E-state index in [2.05, 4.69) is 30.2 Å². The predicted molar refractivity (Wildman–Crippen MR) is 89.5 cm³/mol. The van der Waals surface area contributed by atoms with Gasteiger partial charge in [0.15, 0.2) is 5.65 Å². The van der Waals surface area contributed by atoms with E-state index in [-0.39, 0.29) is 11.5 Å². The Kier molecular flexibility index (Phi) is 4.91. The van der Waals surface area contributed by atoms with Gasteiger partial charge in [-0.15, -0.1) is 0 Å². The lowest BCUT2D eigenvalue weighted by atomic mass is 10.3. The molecule has 0 bridgehead atoms. The SMILES string of the molecule is CCNC(=O)CN1CCN(Cc2nc3c(cnn3C)c(=O)[nH]2)CC1. The van der Waals surface area contributed by atoms with Crippen molar-refractivity contribution in [1.82, 2.24) is 34.9 Å². The molecule has 0 radical (unpaired) electrons. The van der Waals surface area contributed by atoms with E-state index in [4.69, 9.17) is 0 Å². The maximum absolute atomic E-state index is 12.1. The second kappa shape index (κ2) is 7.10. The quantitative estimate of drug-likeness (QED) is 0.721. The van der Waals surface area contributed by atoms with Gasteiger partial charge in [-0.25, -0.2) is 4.98 Å². The second-order valence-corrected chi connectivity index (χ2v) is 6.02. The molecule has 0 spiro atoms. The zero-order chi connectivity index (χ0) is 17.1. The molecule has 1 aliphatic rings. The molecule has 9 nitrogen and oxygen atoms in total. The fraction of sp³-hybridized carbons (Fsp3) is 0.600. The van der Waals surface area contributed by atoms with Crippen molar-refractivity contribution in [3.63, 3.8) is 0 Å². The molecule has 2 aromatic rings. The molecule has 0 unspecified atom stereocenters. The molecule has 0 atom stereocenters. The van der Waals surface area contributed by atoms with Crippen molar-refractivity contribution in [1.29, 1.82) is 0 Å². The number of aromatic nitrogens is 4. The first kappa shape index (κ1) is 16.6. The van der Waals surface area contributed by atoms with Crippen LogP contribution in [-0.4, -0.2) is 74.7 Å². The van der Waals surface area contributed by atoms with Crippen LogP contribution < -0.4 is 10.9 Å². The van der Waals surface area contributed by atoms with Crippen molar-refractivity contribution in [3.05, 3.63) is 22.4 Å². The summed E-state index contributed by atoms with van der Waals surface area (Å²) >= 11 is 0. The van der Waals surface area contributed by atoms with Crippen molar-refractivity contribution in [2.45, 2.75) is 13.5 Å². The molecule has 0 saturated carbocycles. The molecule has 9 heteroatoms. The number of nitrogens with one attached hydrogen (secondary N) is 2. The van der Waals surface area contributed by atoms with Gasteiger partial charge in [0.2, 0.25) is 5.91 Å². The van der Waals surface area contributed by atoms with Crippen LogP contribution in [0.25, 0.3) is 11.0 Å². The molecular formula is C15H23N7O2. The third kappa shape index (κ3) is 3.62. The van der Waals surface area contributed by atoms with E-state index in [1.165, 1.54) is 6.20 Å². The van der Waals surface area contributed by atoms with E-state index in [9.17, 15) is 9.59 Å². The van der Waals surface area contributed by atoms with Crippen molar-refractivity contribution in [3.8, 4) is 0 Å². The van der Waals surface area contributed by atoms with E-state index < -0.39 is 0 Å². The number of H-pyrrole nitrogens is 1. The molecule has 0 aromatic carbocycles. The van der Waals surface area contributed by atoms with Crippen LogP contribution in [0.4, 0.5) is 0 Å². The van der Waals surface area contributed by atoms with Crippen molar-refractivity contribution in [2.24, 2.45) is 7.05 Å². The average molecular weight is 333 g/mol. The zero-order valence-electron chi connectivity index (χ0n) is 14.1. The summed E-state index contributed by atoms with van der Waals surface area (Å²) in [5.74, 6) is 0.715. The summed E-state index contributed by atoms with van der Waals surface area (Å²) in [4.78, 5) is 35.4. The Morgan fingerprint density at radius 3 is 2.71 bits per heavy atom. The lowest BCUT2D eigenvalue weighted by molar-refractivity contribution is -0.122. The fourth-order valence-electron chi connectivity index (χ4n) is 2.93. The molecule has 1 saturated heterocycles. The number of hydrogen-bond acceptors (Lipinski definition) is 6. The second-order valence-electron chi connectivity index (χ2n) is 6.02. The minimum Gasteiger partial charge on any atom is -0.355 e. The normalized spacial score (nSPS) is 16.6. The van der Waals surface area contributed by atoms with E-state index >= 15 is 0 Å². The van der Waals surface area contributed by atoms with E-state index in [1.807, 2.05) is 6.92 Å². The van der Waals surface area contributed by atoms with Gasteiger partial charge in [0.05, 0.1) is 19.3 Å². The molecular weight excluding hydrogens is 310 g/mol. The first-order valence-electron chi connectivity index (χ1n) is 8.19. The Hall–Kier alpha value is -2.26. The largest absolute Gasteiger partial charge is 0.355 e. The van der Waals surface area contributed by atoms with Gasteiger partial charge in [-0.1, -0.05) is 0 Å². The highest BCUT2D eigenvalue weighted by Crippen LogP contribution is 2.08. The lowest BCUT2D eigenvalue weighted by Crippen LogP contribution is -2.49. The van der Waals surface area contributed by atoms with Crippen LogP contribution in [0.5, 0.6) is 0 Å². The topological polar surface area (TPSA) is 99.2 Å². The molecule has 0 aliphatic carbocycles. The van der Waals surface area contributed by atoms with Crippen LogP contribution in [0, 0.1) is 0 Å². The van der Waals surface area contributed by atoms with Crippen LogP contribution in [0.1, 0.15) is 12.7 Å². The van der Waals surface area contributed by atoms with Gasteiger partial charge in [0.1, 0.15) is 11.2 Å². The maximum atomic E-state index is 12.1. The molecule has 130 valence electrons. The third-order valence-electron chi connectivity index (χ3n) is 4.23. The monoisotopic (exact) mass is 333 g/mol. The number of nitrogens with zero attached hydrogens (tertiary/aromatic N) is 5. The van der Waals surface area contributed by atoms with Crippen LogP contribution in [0.15, 0.2) is 11.0 Å². The predicted octanol–water partition coefficient (Wildman–Crippen LogP) is -1.09. The zero-order valence-corrected chi connectivity index (χ0v) is 14.1. The van der Waals surface area contributed by atoms with Crippen molar-refractivity contribution >= 4 is 16.9 Å². The van der Waals surface area contributed by atoms with Gasteiger partial charge >= 0.3 is 0 Å². The van der Waals surface area contributed by atoms with Crippen LogP contribution in [-0.2, 0) is 18.4 Å². The van der Waals surface area contributed by atoms with Gasteiger partial charge in [-0.2, -0.15) is 5.10 Å². The number of amides is 1. The number of carbonyl (C=O) groups is 1. The van der Waals surface area contributed by atoms with E-state index in [0.717, 1.165) is 26.2 Å². The summed E-state index contributed by atoms with van der Waals surface area (Å²) in [7, 11) is 1.78. The van der Waals surface area contributed by atoms with Crippen molar-refractivity contribution < 1.29 is 4.79 Å². The van der Waals surface area contributed by atoms with Crippen LogP contribution in [0.2, 0.25) is 0 Å². The molecule has 1 fully saturated rings. The number of fused-ring (bicyclic) bond motifs is 1. The van der Waals surface area contributed by atoms with Crippen molar-refractivity contribution in [2.75, 3.05) is 39.3 Å². The number of carbonyl (C=O) groups excluding carboxylic acids is 1. The molecule has 2 N–H and O–H groups in total. The smallest absolute Gasteiger partial charge is 0.262 e. The number of rotatable bonds is 5. The summed E-state index contributed by atoms with van der Waals surface area (Å²) in [5.41, 5.74) is 0.446. The van der Waals surface area contributed by atoms with E-state index in [1.54, 1.807) is 11.7 Å². The molecule has 3 heterocycles. The minimum absolute atomic E-state index is 0.0682. The Morgan fingerprint density at radius 2 is 2.00 bits per heavy atom. The highest BCUT2D eigenvalue weighted by atomic mass is 16.2.